The zero-order chi connectivity index (χ0) is 10.8. The highest BCUT2D eigenvalue weighted by Gasteiger charge is 2.22. The Morgan fingerprint density at radius 2 is 2.27 bits per heavy atom. The number of aliphatic hydroxyl groups is 1. The predicted octanol–water partition coefficient (Wildman–Crippen LogP) is 1.52. The lowest BCUT2D eigenvalue weighted by atomic mass is 10.1. The molecule has 1 atom stereocenters. The molecular formula is C12H18N2O. The normalized spacial score (nSPS) is 21.0. The number of pyridine rings is 1. The minimum Gasteiger partial charge on any atom is -0.396 e. The van der Waals surface area contributed by atoms with E-state index in [-0.39, 0.29) is 0 Å². The van der Waals surface area contributed by atoms with Crippen LogP contribution in [0.5, 0.6) is 0 Å². The second-order valence-corrected chi connectivity index (χ2v) is 4.34. The van der Waals surface area contributed by atoms with Gasteiger partial charge in [0.05, 0.1) is 11.4 Å². The third-order valence-electron chi connectivity index (χ3n) is 3.08. The van der Waals surface area contributed by atoms with Crippen LogP contribution in [0.1, 0.15) is 17.8 Å². The summed E-state index contributed by atoms with van der Waals surface area (Å²) in [5, 5.41) is 9.10. The summed E-state index contributed by atoms with van der Waals surface area (Å²) in [5.41, 5.74) is 3.37. The quantitative estimate of drug-likeness (QED) is 0.797. The molecule has 3 nitrogen and oxygen atoms in total. The van der Waals surface area contributed by atoms with E-state index in [0.29, 0.717) is 12.5 Å². The van der Waals surface area contributed by atoms with Crippen LogP contribution in [0.15, 0.2) is 12.1 Å². The van der Waals surface area contributed by atoms with Crippen molar-refractivity contribution in [2.75, 3.05) is 24.6 Å². The van der Waals surface area contributed by atoms with Crippen molar-refractivity contribution in [3.05, 3.63) is 23.5 Å². The molecule has 3 heteroatoms. The van der Waals surface area contributed by atoms with Crippen LogP contribution in [-0.4, -0.2) is 29.8 Å². The van der Waals surface area contributed by atoms with E-state index in [0.717, 1.165) is 30.9 Å². The Bertz CT molecular complexity index is 351. The first-order valence-electron chi connectivity index (χ1n) is 5.50. The van der Waals surface area contributed by atoms with Crippen molar-refractivity contribution in [3.8, 4) is 0 Å². The van der Waals surface area contributed by atoms with Crippen LogP contribution < -0.4 is 4.90 Å². The van der Waals surface area contributed by atoms with E-state index in [9.17, 15) is 0 Å². The van der Waals surface area contributed by atoms with Gasteiger partial charge in [-0.1, -0.05) is 0 Å². The van der Waals surface area contributed by atoms with Crippen LogP contribution in [0, 0.1) is 19.8 Å². The Hall–Kier alpha value is -1.09. The molecule has 0 spiro atoms. The number of rotatable bonds is 2. The van der Waals surface area contributed by atoms with Gasteiger partial charge in [-0.2, -0.15) is 0 Å². The number of aryl methyl sites for hydroxylation is 2. The zero-order valence-corrected chi connectivity index (χ0v) is 9.40. The van der Waals surface area contributed by atoms with E-state index in [4.69, 9.17) is 5.11 Å². The van der Waals surface area contributed by atoms with Gasteiger partial charge in [0.15, 0.2) is 0 Å². The molecule has 1 unspecified atom stereocenters. The molecule has 1 saturated heterocycles. The number of nitrogens with zero attached hydrogens (tertiary/aromatic N) is 2. The molecule has 0 saturated carbocycles. The first-order chi connectivity index (χ1) is 7.20. The molecule has 2 heterocycles. The van der Waals surface area contributed by atoms with Gasteiger partial charge < -0.3 is 10.0 Å². The van der Waals surface area contributed by atoms with Crippen molar-refractivity contribution in [3.63, 3.8) is 0 Å². The van der Waals surface area contributed by atoms with Crippen LogP contribution in [0.2, 0.25) is 0 Å². The van der Waals surface area contributed by atoms with Crippen LogP contribution in [0.3, 0.4) is 0 Å². The fourth-order valence-corrected chi connectivity index (χ4v) is 2.21. The highest BCUT2D eigenvalue weighted by atomic mass is 16.3. The predicted molar refractivity (Wildman–Crippen MR) is 61.1 cm³/mol. The van der Waals surface area contributed by atoms with Crippen molar-refractivity contribution in [2.45, 2.75) is 20.3 Å². The average Bonchev–Trinajstić information content (AvgIpc) is 2.66. The molecule has 0 amide bonds. The lowest BCUT2D eigenvalue weighted by Gasteiger charge is -2.20. The fraction of sp³-hybridized carbons (Fsp3) is 0.583. The highest BCUT2D eigenvalue weighted by Crippen LogP contribution is 2.25. The molecule has 0 aliphatic carbocycles. The Morgan fingerprint density at radius 1 is 1.47 bits per heavy atom. The van der Waals surface area contributed by atoms with Gasteiger partial charge in [-0.3, -0.25) is 4.98 Å². The number of hydrogen-bond donors (Lipinski definition) is 1. The second-order valence-electron chi connectivity index (χ2n) is 4.34. The summed E-state index contributed by atoms with van der Waals surface area (Å²) in [6.45, 7) is 6.36. The SMILES string of the molecule is Cc1ccc(N2CCC(CO)C2)c(C)n1. The van der Waals surface area contributed by atoms with E-state index < -0.39 is 0 Å². The molecule has 15 heavy (non-hydrogen) atoms. The van der Waals surface area contributed by atoms with Crippen molar-refractivity contribution < 1.29 is 5.11 Å². The van der Waals surface area contributed by atoms with Gasteiger partial charge in [-0.25, -0.2) is 0 Å². The summed E-state index contributed by atoms with van der Waals surface area (Å²) >= 11 is 0. The topological polar surface area (TPSA) is 36.4 Å². The van der Waals surface area contributed by atoms with E-state index in [2.05, 4.69) is 28.9 Å². The molecule has 1 fully saturated rings. The van der Waals surface area contributed by atoms with Crippen LogP contribution in [-0.2, 0) is 0 Å². The minimum atomic E-state index is 0.300. The fourth-order valence-electron chi connectivity index (χ4n) is 2.21. The largest absolute Gasteiger partial charge is 0.396 e. The van der Waals surface area contributed by atoms with Gasteiger partial charge in [0, 0.05) is 31.3 Å². The number of hydrogen-bond acceptors (Lipinski definition) is 3. The zero-order valence-electron chi connectivity index (χ0n) is 9.40. The maximum absolute atomic E-state index is 9.10. The molecule has 1 aromatic heterocycles. The van der Waals surface area contributed by atoms with Crippen molar-refractivity contribution in [1.29, 1.82) is 0 Å². The molecular weight excluding hydrogens is 188 g/mol. The first kappa shape index (κ1) is 10.4. The van der Waals surface area contributed by atoms with Gasteiger partial charge in [0.25, 0.3) is 0 Å². The molecule has 1 aliphatic heterocycles. The molecule has 82 valence electrons. The number of anilines is 1. The van der Waals surface area contributed by atoms with Crippen LogP contribution in [0.4, 0.5) is 5.69 Å². The molecule has 1 aliphatic rings. The Morgan fingerprint density at radius 3 is 2.87 bits per heavy atom. The van der Waals surface area contributed by atoms with Gasteiger partial charge in [0.2, 0.25) is 0 Å². The minimum absolute atomic E-state index is 0.300. The summed E-state index contributed by atoms with van der Waals surface area (Å²) < 4.78 is 0. The van der Waals surface area contributed by atoms with Gasteiger partial charge in [0.1, 0.15) is 0 Å². The van der Waals surface area contributed by atoms with E-state index >= 15 is 0 Å². The second kappa shape index (κ2) is 4.19. The Labute approximate surface area is 90.8 Å². The molecule has 1 aromatic rings. The Balaban J connectivity index is 2.17. The number of aliphatic hydroxyl groups excluding tert-OH is 1. The summed E-state index contributed by atoms with van der Waals surface area (Å²) in [4.78, 5) is 6.79. The van der Waals surface area contributed by atoms with Crippen molar-refractivity contribution in [1.82, 2.24) is 4.98 Å². The summed E-state index contributed by atoms with van der Waals surface area (Å²) in [6, 6.07) is 4.19. The molecule has 0 radical (unpaired) electrons. The standard InChI is InChI=1S/C12H18N2O/c1-9-3-4-12(10(2)13-9)14-6-5-11(7-14)8-15/h3-4,11,15H,5-8H2,1-2H3. The molecule has 0 aromatic carbocycles. The van der Waals surface area contributed by atoms with Crippen molar-refractivity contribution in [2.24, 2.45) is 5.92 Å². The maximum Gasteiger partial charge on any atom is 0.0608 e. The molecule has 0 bridgehead atoms. The first-order valence-corrected chi connectivity index (χ1v) is 5.50. The van der Waals surface area contributed by atoms with Crippen LogP contribution in [0.25, 0.3) is 0 Å². The van der Waals surface area contributed by atoms with Gasteiger partial charge in [-0.15, -0.1) is 0 Å². The third-order valence-corrected chi connectivity index (χ3v) is 3.08. The lowest BCUT2D eigenvalue weighted by Crippen LogP contribution is -2.21. The summed E-state index contributed by atoms with van der Waals surface area (Å²) in [6.07, 6.45) is 1.09. The van der Waals surface area contributed by atoms with Gasteiger partial charge >= 0.3 is 0 Å². The van der Waals surface area contributed by atoms with E-state index in [1.165, 1.54) is 5.69 Å². The number of aromatic nitrogens is 1. The van der Waals surface area contributed by atoms with E-state index in [1.807, 2.05) is 6.92 Å². The average molecular weight is 206 g/mol. The van der Waals surface area contributed by atoms with Gasteiger partial charge in [-0.05, 0) is 32.4 Å². The third kappa shape index (κ3) is 2.12. The summed E-state index contributed by atoms with van der Waals surface area (Å²) in [5.74, 6) is 0.436. The van der Waals surface area contributed by atoms with E-state index in [1.54, 1.807) is 0 Å². The summed E-state index contributed by atoms with van der Waals surface area (Å²) in [7, 11) is 0. The molecule has 1 N–H and O–H groups in total. The van der Waals surface area contributed by atoms with Crippen molar-refractivity contribution >= 4 is 5.69 Å². The Kier molecular flexibility index (Phi) is 2.91. The van der Waals surface area contributed by atoms with Crippen LogP contribution >= 0.6 is 0 Å². The smallest absolute Gasteiger partial charge is 0.0608 e. The maximum atomic E-state index is 9.10. The monoisotopic (exact) mass is 206 g/mol. The highest BCUT2D eigenvalue weighted by molar-refractivity contribution is 5.51. The molecule has 2 rings (SSSR count). The lowest BCUT2D eigenvalue weighted by molar-refractivity contribution is 0.238.